The molecule has 4 aliphatic carbocycles. The van der Waals surface area contributed by atoms with Crippen molar-refractivity contribution in [3.8, 4) is 5.69 Å². The van der Waals surface area contributed by atoms with Crippen LogP contribution in [-0.4, -0.2) is 44.5 Å². The molecular weight excluding hydrogens is 440 g/mol. The molecule has 1 heterocycles. The van der Waals surface area contributed by atoms with Gasteiger partial charge in [0.2, 0.25) is 11.4 Å². The summed E-state index contributed by atoms with van der Waals surface area (Å²) in [7, 11) is 0. The number of rotatable bonds is 3. The van der Waals surface area contributed by atoms with Gasteiger partial charge in [0.05, 0.1) is 12.3 Å². The highest BCUT2D eigenvalue weighted by atomic mass is 16.3. The van der Waals surface area contributed by atoms with Crippen LogP contribution in [0.3, 0.4) is 0 Å². The van der Waals surface area contributed by atoms with Gasteiger partial charge in [-0.3, -0.25) is 4.79 Å². The van der Waals surface area contributed by atoms with Gasteiger partial charge in [-0.25, -0.2) is 0 Å². The molecule has 6 nitrogen and oxygen atoms in total. The normalized spacial score (nSPS) is 39.8. The van der Waals surface area contributed by atoms with Gasteiger partial charge in [0.25, 0.3) is 0 Å². The van der Waals surface area contributed by atoms with E-state index in [2.05, 4.69) is 60.2 Å². The summed E-state index contributed by atoms with van der Waals surface area (Å²) in [6.07, 6.45) is 8.16. The van der Waals surface area contributed by atoms with Crippen molar-refractivity contribution >= 4 is 11.9 Å². The molecule has 0 unspecified atom stereocenters. The summed E-state index contributed by atoms with van der Waals surface area (Å²) in [6.45, 7) is 5.73. The first-order valence-corrected chi connectivity index (χ1v) is 13.1. The summed E-state index contributed by atoms with van der Waals surface area (Å²) in [5, 5.41) is 36.1. The van der Waals surface area contributed by atoms with Crippen molar-refractivity contribution in [1.82, 2.24) is 5.10 Å². The minimum Gasteiger partial charge on any atom is -0.393 e. The third-order valence-corrected chi connectivity index (χ3v) is 10.5. The second kappa shape index (κ2) is 7.61. The standard InChI is InChI=1S/C29H36N2O4/c1-17-4-7-20(8-5-17)31-23-12-19-6-9-21-22-10-11-29(35,25(34)16-32)28(22,3)14-24(33)26(21)27(19,2)13-18(23)15-30-31/h4-5,7-8,12,15,21-22,24,26,32-33,35H,6,9-11,13-14,16H2,1-3H3/p+1/t21-,22-,24-,26+,27-,28-,29-/m0/s1. The lowest BCUT2D eigenvalue weighted by Crippen LogP contribution is -2.62. The number of Topliss-reactive ketones (excluding diaryl/α,β-unsaturated/α-hetero) is 1. The van der Waals surface area contributed by atoms with Gasteiger partial charge in [-0.15, -0.1) is 0 Å². The molecular formula is C29H37N2O4+. The maximum atomic E-state index is 12.6. The first kappa shape index (κ1) is 23.1. The van der Waals surface area contributed by atoms with E-state index in [9.17, 15) is 20.1 Å². The lowest BCUT2D eigenvalue weighted by molar-refractivity contribution is -0.657. The summed E-state index contributed by atoms with van der Waals surface area (Å²) in [5.74, 6) is 0.00472. The Morgan fingerprint density at radius 3 is 2.66 bits per heavy atom. The van der Waals surface area contributed by atoms with Gasteiger partial charge in [0.15, 0.2) is 5.78 Å². The number of aromatic nitrogens is 2. The number of carbonyl (C=O) groups is 1. The lowest BCUT2D eigenvalue weighted by Gasteiger charge is -2.60. The van der Waals surface area contributed by atoms with Gasteiger partial charge in [0, 0.05) is 29.2 Å². The smallest absolute Gasteiger partial charge is 0.241 e. The molecule has 186 valence electrons. The molecule has 4 N–H and O–H groups in total. The molecule has 0 bridgehead atoms. The number of carbonyl (C=O) groups excluding carboxylic acids is 1. The maximum Gasteiger partial charge on any atom is 0.241 e. The van der Waals surface area contributed by atoms with E-state index in [1.807, 2.05) is 6.92 Å². The number of allylic oxidation sites excluding steroid dienone is 1. The highest BCUT2D eigenvalue weighted by Gasteiger charge is 2.68. The van der Waals surface area contributed by atoms with E-state index >= 15 is 0 Å². The number of hydrogen-bond acceptors (Lipinski definition) is 4. The predicted molar refractivity (Wildman–Crippen MR) is 132 cm³/mol. The molecule has 3 fully saturated rings. The van der Waals surface area contributed by atoms with Gasteiger partial charge >= 0.3 is 0 Å². The van der Waals surface area contributed by atoms with Crippen molar-refractivity contribution in [1.29, 1.82) is 0 Å². The molecule has 7 atom stereocenters. The molecule has 6 heteroatoms. The van der Waals surface area contributed by atoms with E-state index < -0.39 is 29.5 Å². The van der Waals surface area contributed by atoms with Crippen LogP contribution in [0.4, 0.5) is 0 Å². The third kappa shape index (κ3) is 3.00. The van der Waals surface area contributed by atoms with Gasteiger partial charge < -0.3 is 15.3 Å². The Bertz CT molecular complexity index is 1220. The molecule has 4 aliphatic rings. The fourth-order valence-electron chi connectivity index (χ4n) is 8.73. The van der Waals surface area contributed by atoms with Crippen LogP contribution in [0.25, 0.3) is 11.8 Å². The molecule has 3 saturated carbocycles. The Hall–Kier alpha value is -2.28. The number of nitrogens with zero attached hydrogens (tertiary/aromatic N) is 1. The number of benzene rings is 1. The average molecular weight is 478 g/mol. The van der Waals surface area contributed by atoms with Crippen LogP contribution in [0, 0.1) is 35.5 Å². The van der Waals surface area contributed by atoms with Crippen molar-refractivity contribution in [2.24, 2.45) is 28.6 Å². The van der Waals surface area contributed by atoms with Gasteiger partial charge in [-0.1, -0.05) is 41.8 Å². The Balaban J connectivity index is 1.37. The fourth-order valence-corrected chi connectivity index (χ4v) is 8.73. The zero-order chi connectivity index (χ0) is 24.8. The summed E-state index contributed by atoms with van der Waals surface area (Å²) in [5.41, 5.74) is 3.79. The molecule has 0 aliphatic heterocycles. The molecule has 35 heavy (non-hydrogen) atoms. The minimum absolute atomic E-state index is 0.0861. The SMILES string of the molecule is Cc1ccc(-[n+]2[nH]cc3c2C=C2CC[C@@H]4[C@H]([C@@H](O)C[C@@]5(C)[C@H]4CC[C@]5(O)C(=O)CO)[C@@]2(C)C3)cc1. The number of fused-ring (bicyclic) bond motifs is 6. The summed E-state index contributed by atoms with van der Waals surface area (Å²) >= 11 is 0. The zero-order valence-electron chi connectivity index (χ0n) is 20.9. The van der Waals surface area contributed by atoms with Crippen LogP contribution in [0.15, 0.2) is 36.0 Å². The van der Waals surface area contributed by atoms with Crippen molar-refractivity contribution in [3.63, 3.8) is 0 Å². The predicted octanol–water partition coefficient (Wildman–Crippen LogP) is 3.05. The Labute approximate surface area is 206 Å². The first-order valence-electron chi connectivity index (χ1n) is 13.1. The lowest BCUT2D eigenvalue weighted by atomic mass is 9.45. The van der Waals surface area contributed by atoms with Crippen molar-refractivity contribution in [2.75, 3.05) is 6.61 Å². The van der Waals surface area contributed by atoms with Crippen molar-refractivity contribution in [3.05, 3.63) is 52.9 Å². The first-order chi connectivity index (χ1) is 16.6. The molecule has 0 amide bonds. The van der Waals surface area contributed by atoms with E-state index in [1.54, 1.807) is 0 Å². The van der Waals surface area contributed by atoms with Gasteiger partial charge in [-0.2, -0.15) is 5.10 Å². The molecule has 0 radical (unpaired) electrons. The number of aromatic amines is 1. The molecule has 0 saturated heterocycles. The number of hydrogen-bond donors (Lipinski definition) is 4. The molecule has 1 aromatic heterocycles. The summed E-state index contributed by atoms with van der Waals surface area (Å²) in [6, 6.07) is 8.52. The summed E-state index contributed by atoms with van der Waals surface area (Å²) < 4.78 is 2.15. The molecule has 1 aromatic carbocycles. The van der Waals surface area contributed by atoms with Crippen LogP contribution in [0.1, 0.15) is 62.8 Å². The fraction of sp³-hybridized carbons (Fsp3) is 0.586. The molecule has 2 aromatic rings. The number of nitrogens with one attached hydrogen (secondary N) is 1. The zero-order valence-corrected chi connectivity index (χ0v) is 20.9. The number of aryl methyl sites for hydroxylation is 1. The highest BCUT2D eigenvalue weighted by molar-refractivity contribution is 5.89. The van der Waals surface area contributed by atoms with Crippen LogP contribution < -0.4 is 4.68 Å². The van der Waals surface area contributed by atoms with Crippen molar-refractivity contribution < 1.29 is 24.8 Å². The average Bonchev–Trinajstić information content (AvgIpc) is 3.35. The topological polar surface area (TPSA) is 97.4 Å². The number of aliphatic hydroxyl groups excluding tert-OH is 2. The second-order valence-electron chi connectivity index (χ2n) is 12.1. The highest BCUT2D eigenvalue weighted by Crippen LogP contribution is 2.67. The van der Waals surface area contributed by atoms with Crippen LogP contribution in [-0.2, 0) is 11.2 Å². The third-order valence-electron chi connectivity index (χ3n) is 10.5. The Morgan fingerprint density at radius 1 is 1.20 bits per heavy atom. The Kier molecular flexibility index (Phi) is 5.03. The number of H-pyrrole nitrogens is 1. The van der Waals surface area contributed by atoms with E-state index in [4.69, 9.17) is 0 Å². The number of aliphatic hydroxyl groups is 3. The molecule has 6 rings (SSSR count). The van der Waals surface area contributed by atoms with E-state index in [1.165, 1.54) is 22.4 Å². The van der Waals surface area contributed by atoms with Crippen LogP contribution >= 0.6 is 0 Å². The largest absolute Gasteiger partial charge is 0.393 e. The molecule has 0 spiro atoms. The van der Waals surface area contributed by atoms with Crippen LogP contribution in [0.5, 0.6) is 0 Å². The van der Waals surface area contributed by atoms with E-state index in [0.717, 1.165) is 31.4 Å². The second-order valence-corrected chi connectivity index (χ2v) is 12.1. The summed E-state index contributed by atoms with van der Waals surface area (Å²) in [4.78, 5) is 12.6. The maximum absolute atomic E-state index is 12.6. The van der Waals surface area contributed by atoms with E-state index in [0.29, 0.717) is 12.8 Å². The van der Waals surface area contributed by atoms with E-state index in [-0.39, 0.29) is 23.2 Å². The Morgan fingerprint density at radius 2 is 1.94 bits per heavy atom. The minimum atomic E-state index is -1.55. The monoisotopic (exact) mass is 477 g/mol. The van der Waals surface area contributed by atoms with Crippen LogP contribution in [0.2, 0.25) is 0 Å². The van der Waals surface area contributed by atoms with Gasteiger partial charge in [-0.05, 0) is 68.6 Å². The van der Waals surface area contributed by atoms with Gasteiger partial charge in [0.1, 0.15) is 12.2 Å². The quantitative estimate of drug-likeness (QED) is 0.511. The number of ketones is 1. The van der Waals surface area contributed by atoms with Crippen molar-refractivity contribution in [2.45, 2.75) is 71.0 Å².